The molecule has 1 aromatic rings. The number of halogens is 1. The van der Waals surface area contributed by atoms with Gasteiger partial charge in [-0.15, -0.1) is 0 Å². The molecule has 86 valence electrons. The van der Waals surface area contributed by atoms with Gasteiger partial charge < -0.3 is 16.3 Å². The smallest absolute Gasteiger partial charge is 0.232 e. The summed E-state index contributed by atoms with van der Waals surface area (Å²) in [6.07, 6.45) is -0.215. The highest BCUT2D eigenvalue weighted by atomic mass is 19.1. The van der Waals surface area contributed by atoms with Gasteiger partial charge in [0.25, 0.3) is 0 Å². The van der Waals surface area contributed by atoms with Crippen LogP contribution in [-0.4, -0.2) is 17.0 Å². The van der Waals surface area contributed by atoms with Crippen LogP contribution >= 0.6 is 0 Å². The number of amidine groups is 1. The Hall–Kier alpha value is -2.11. The van der Waals surface area contributed by atoms with Crippen LogP contribution in [0.4, 0.5) is 10.1 Å². The standard InChI is InChI=1S/C10H12FN3O2/c1-6-4-7(11)2-3-8(6)13-10(15)5-9(12)14-16/h2-4,16H,5H2,1H3,(H2,12,14)(H,13,15). The van der Waals surface area contributed by atoms with Gasteiger partial charge in [0.1, 0.15) is 11.7 Å². The number of hydrogen-bond acceptors (Lipinski definition) is 3. The molecule has 0 atom stereocenters. The molecule has 1 amide bonds. The number of anilines is 1. The van der Waals surface area contributed by atoms with E-state index in [1.807, 2.05) is 0 Å². The summed E-state index contributed by atoms with van der Waals surface area (Å²) in [7, 11) is 0. The zero-order valence-corrected chi connectivity index (χ0v) is 8.70. The van der Waals surface area contributed by atoms with E-state index >= 15 is 0 Å². The second kappa shape index (κ2) is 5.11. The number of nitrogens with zero attached hydrogens (tertiary/aromatic N) is 1. The first-order valence-corrected chi connectivity index (χ1v) is 4.55. The average Bonchev–Trinajstić information content (AvgIpc) is 2.22. The molecule has 0 radical (unpaired) electrons. The molecule has 0 aliphatic heterocycles. The molecule has 0 unspecified atom stereocenters. The molecule has 4 N–H and O–H groups in total. The van der Waals surface area contributed by atoms with Crippen LogP contribution in [0, 0.1) is 12.7 Å². The molecule has 1 rings (SSSR count). The van der Waals surface area contributed by atoms with Crippen molar-refractivity contribution in [3.8, 4) is 0 Å². The van der Waals surface area contributed by atoms with Crippen LogP contribution in [0.1, 0.15) is 12.0 Å². The summed E-state index contributed by atoms with van der Waals surface area (Å²) in [6, 6.07) is 4.00. The van der Waals surface area contributed by atoms with Crippen molar-refractivity contribution in [2.75, 3.05) is 5.32 Å². The molecule has 0 aromatic heterocycles. The van der Waals surface area contributed by atoms with E-state index in [1.165, 1.54) is 18.2 Å². The van der Waals surface area contributed by atoms with Crippen LogP contribution in [0.2, 0.25) is 0 Å². The van der Waals surface area contributed by atoms with Gasteiger partial charge in [-0.05, 0) is 30.7 Å². The third-order valence-corrected chi connectivity index (χ3v) is 1.93. The Balaban J connectivity index is 2.70. The highest BCUT2D eigenvalue weighted by Crippen LogP contribution is 2.15. The van der Waals surface area contributed by atoms with Gasteiger partial charge in [-0.25, -0.2) is 4.39 Å². The molecule has 5 nitrogen and oxygen atoms in total. The minimum Gasteiger partial charge on any atom is -0.409 e. The molecular formula is C10H12FN3O2. The number of aryl methyl sites for hydroxylation is 1. The Morgan fingerprint density at radius 2 is 2.31 bits per heavy atom. The van der Waals surface area contributed by atoms with Crippen molar-refractivity contribution in [2.45, 2.75) is 13.3 Å². The Kier molecular flexibility index (Phi) is 3.82. The zero-order chi connectivity index (χ0) is 12.1. The SMILES string of the molecule is Cc1cc(F)ccc1NC(=O)C/C(N)=N/O. The van der Waals surface area contributed by atoms with E-state index in [0.29, 0.717) is 11.3 Å². The van der Waals surface area contributed by atoms with E-state index < -0.39 is 5.91 Å². The van der Waals surface area contributed by atoms with Crippen LogP contribution in [0.15, 0.2) is 23.4 Å². The lowest BCUT2D eigenvalue weighted by Gasteiger charge is -2.07. The average molecular weight is 225 g/mol. The number of carbonyl (C=O) groups excluding carboxylic acids is 1. The summed E-state index contributed by atoms with van der Waals surface area (Å²) in [4.78, 5) is 11.3. The fraction of sp³-hybridized carbons (Fsp3) is 0.200. The first-order valence-electron chi connectivity index (χ1n) is 4.55. The van der Waals surface area contributed by atoms with Crippen molar-refractivity contribution >= 4 is 17.4 Å². The number of oxime groups is 1. The summed E-state index contributed by atoms with van der Waals surface area (Å²) < 4.78 is 12.8. The Morgan fingerprint density at radius 3 is 2.88 bits per heavy atom. The van der Waals surface area contributed by atoms with Crippen molar-refractivity contribution in [3.05, 3.63) is 29.6 Å². The number of nitrogens with one attached hydrogen (secondary N) is 1. The normalized spacial score (nSPS) is 11.2. The lowest BCUT2D eigenvalue weighted by molar-refractivity contribution is -0.115. The molecule has 0 fully saturated rings. The maximum atomic E-state index is 12.8. The fourth-order valence-corrected chi connectivity index (χ4v) is 1.16. The molecule has 0 aliphatic rings. The molecule has 0 aliphatic carbocycles. The monoisotopic (exact) mass is 225 g/mol. The molecule has 0 saturated carbocycles. The minimum atomic E-state index is -0.426. The summed E-state index contributed by atoms with van der Waals surface area (Å²) in [5.41, 5.74) is 6.27. The lowest BCUT2D eigenvalue weighted by Crippen LogP contribution is -2.22. The highest BCUT2D eigenvalue weighted by molar-refractivity contribution is 6.05. The first-order chi connectivity index (χ1) is 7.52. The molecule has 0 heterocycles. The molecule has 6 heteroatoms. The summed E-state index contributed by atoms with van der Waals surface area (Å²) in [6.45, 7) is 1.67. The number of rotatable bonds is 3. The van der Waals surface area contributed by atoms with E-state index in [9.17, 15) is 9.18 Å². The summed E-state index contributed by atoms with van der Waals surface area (Å²) in [5.74, 6) is -0.978. The quantitative estimate of drug-likeness (QED) is 0.312. The molecule has 0 bridgehead atoms. The predicted octanol–water partition coefficient (Wildman–Crippen LogP) is 1.21. The Bertz CT molecular complexity index is 432. The number of carbonyl (C=O) groups is 1. The van der Waals surface area contributed by atoms with Gasteiger partial charge in [-0.1, -0.05) is 5.16 Å². The third kappa shape index (κ3) is 3.23. The van der Waals surface area contributed by atoms with Crippen molar-refractivity contribution in [2.24, 2.45) is 10.9 Å². The van der Waals surface area contributed by atoms with Gasteiger partial charge in [0.05, 0.1) is 6.42 Å². The number of nitrogens with two attached hydrogens (primary N) is 1. The topological polar surface area (TPSA) is 87.7 Å². The molecule has 16 heavy (non-hydrogen) atoms. The number of benzene rings is 1. The van der Waals surface area contributed by atoms with E-state index in [1.54, 1.807) is 6.92 Å². The predicted molar refractivity (Wildman–Crippen MR) is 57.8 cm³/mol. The van der Waals surface area contributed by atoms with Crippen molar-refractivity contribution in [1.82, 2.24) is 0 Å². The maximum absolute atomic E-state index is 12.8. The van der Waals surface area contributed by atoms with Gasteiger partial charge in [0, 0.05) is 5.69 Å². The van der Waals surface area contributed by atoms with Gasteiger partial charge >= 0.3 is 0 Å². The molecule has 1 aromatic carbocycles. The summed E-state index contributed by atoms with van der Waals surface area (Å²) >= 11 is 0. The third-order valence-electron chi connectivity index (χ3n) is 1.93. The minimum absolute atomic E-state index is 0.183. The molecule has 0 saturated heterocycles. The van der Waals surface area contributed by atoms with E-state index in [2.05, 4.69) is 10.5 Å². The van der Waals surface area contributed by atoms with Crippen LogP contribution in [0.5, 0.6) is 0 Å². The largest absolute Gasteiger partial charge is 0.409 e. The lowest BCUT2D eigenvalue weighted by atomic mass is 10.2. The Labute approximate surface area is 91.8 Å². The van der Waals surface area contributed by atoms with Crippen molar-refractivity contribution < 1.29 is 14.4 Å². The van der Waals surface area contributed by atoms with Gasteiger partial charge in [0.2, 0.25) is 5.91 Å². The molecular weight excluding hydrogens is 213 g/mol. The first kappa shape index (κ1) is 12.0. The second-order valence-corrected chi connectivity index (χ2v) is 3.28. The summed E-state index contributed by atoms with van der Waals surface area (Å²) in [5, 5.41) is 13.5. The zero-order valence-electron chi connectivity index (χ0n) is 8.70. The number of amides is 1. The van der Waals surface area contributed by atoms with E-state index in [0.717, 1.165) is 0 Å². The van der Waals surface area contributed by atoms with Gasteiger partial charge in [-0.3, -0.25) is 4.79 Å². The Morgan fingerprint density at radius 1 is 1.62 bits per heavy atom. The highest BCUT2D eigenvalue weighted by Gasteiger charge is 2.07. The fourth-order valence-electron chi connectivity index (χ4n) is 1.16. The van der Waals surface area contributed by atoms with Crippen LogP contribution < -0.4 is 11.1 Å². The van der Waals surface area contributed by atoms with Crippen LogP contribution in [-0.2, 0) is 4.79 Å². The number of hydrogen-bond donors (Lipinski definition) is 3. The van der Waals surface area contributed by atoms with Crippen molar-refractivity contribution in [3.63, 3.8) is 0 Å². The maximum Gasteiger partial charge on any atom is 0.232 e. The van der Waals surface area contributed by atoms with E-state index in [-0.39, 0.29) is 18.1 Å². The second-order valence-electron chi connectivity index (χ2n) is 3.28. The van der Waals surface area contributed by atoms with Crippen LogP contribution in [0.25, 0.3) is 0 Å². The van der Waals surface area contributed by atoms with Gasteiger partial charge in [-0.2, -0.15) is 0 Å². The van der Waals surface area contributed by atoms with Crippen LogP contribution in [0.3, 0.4) is 0 Å². The van der Waals surface area contributed by atoms with Crippen molar-refractivity contribution in [1.29, 1.82) is 0 Å². The van der Waals surface area contributed by atoms with E-state index in [4.69, 9.17) is 10.9 Å². The molecule has 0 spiro atoms. The van der Waals surface area contributed by atoms with Gasteiger partial charge in [0.15, 0.2) is 0 Å².